The van der Waals surface area contributed by atoms with Crippen LogP contribution in [0.5, 0.6) is 11.5 Å². The Bertz CT molecular complexity index is 658. The van der Waals surface area contributed by atoms with Crippen LogP contribution in [0.4, 0.5) is 0 Å². The lowest BCUT2D eigenvalue weighted by atomic mass is 10.2. The van der Waals surface area contributed by atoms with Gasteiger partial charge in [0.25, 0.3) is 0 Å². The summed E-state index contributed by atoms with van der Waals surface area (Å²) in [5.74, 6) is 0.345. The van der Waals surface area contributed by atoms with Crippen molar-refractivity contribution in [2.75, 3.05) is 13.7 Å². The second-order valence-electron chi connectivity index (χ2n) is 4.90. The number of hydrogen-bond acceptors (Lipinski definition) is 4. The standard InChI is InChI=1S/C17H18ClNO4/c1-22-16-8-13(9-19-10-17(20)21)4-7-15(16)23-11-12-2-5-14(18)6-3-12/h2-8,19H,9-11H2,1H3,(H,20,21). The maximum absolute atomic E-state index is 10.5. The summed E-state index contributed by atoms with van der Waals surface area (Å²) in [4.78, 5) is 10.5. The number of carboxylic acid groups (broad SMARTS) is 1. The van der Waals surface area contributed by atoms with Crippen molar-refractivity contribution >= 4 is 17.6 Å². The second-order valence-corrected chi connectivity index (χ2v) is 5.33. The van der Waals surface area contributed by atoms with E-state index in [1.807, 2.05) is 42.5 Å². The Morgan fingerprint density at radius 2 is 1.83 bits per heavy atom. The van der Waals surface area contributed by atoms with Crippen molar-refractivity contribution in [1.29, 1.82) is 0 Å². The molecule has 2 aromatic carbocycles. The number of benzene rings is 2. The Hall–Kier alpha value is -2.24. The number of carbonyl (C=O) groups is 1. The lowest BCUT2D eigenvalue weighted by molar-refractivity contribution is -0.135. The Balaban J connectivity index is 1.98. The molecule has 23 heavy (non-hydrogen) atoms. The molecule has 0 saturated carbocycles. The molecule has 5 nitrogen and oxygen atoms in total. The number of aliphatic carboxylic acids is 1. The summed E-state index contributed by atoms with van der Waals surface area (Å²) in [6.45, 7) is 0.765. The van der Waals surface area contributed by atoms with Crippen LogP contribution >= 0.6 is 11.6 Å². The molecule has 2 N–H and O–H groups in total. The second kappa shape index (κ2) is 8.41. The zero-order chi connectivity index (χ0) is 16.7. The largest absolute Gasteiger partial charge is 0.493 e. The van der Waals surface area contributed by atoms with Gasteiger partial charge in [-0.2, -0.15) is 0 Å². The zero-order valence-electron chi connectivity index (χ0n) is 12.7. The maximum atomic E-state index is 10.5. The fourth-order valence-corrected chi connectivity index (χ4v) is 2.12. The van der Waals surface area contributed by atoms with E-state index in [4.69, 9.17) is 26.2 Å². The van der Waals surface area contributed by atoms with E-state index in [2.05, 4.69) is 5.32 Å². The van der Waals surface area contributed by atoms with Crippen LogP contribution in [0, 0.1) is 0 Å². The highest BCUT2D eigenvalue weighted by atomic mass is 35.5. The molecule has 0 amide bonds. The van der Waals surface area contributed by atoms with Crippen LogP contribution in [-0.4, -0.2) is 24.7 Å². The van der Waals surface area contributed by atoms with Crippen LogP contribution < -0.4 is 14.8 Å². The highest BCUT2D eigenvalue weighted by Crippen LogP contribution is 2.29. The lowest BCUT2D eigenvalue weighted by Gasteiger charge is -2.12. The number of nitrogens with one attached hydrogen (secondary N) is 1. The minimum Gasteiger partial charge on any atom is -0.493 e. The van der Waals surface area contributed by atoms with E-state index in [0.29, 0.717) is 29.7 Å². The molecule has 0 aliphatic rings. The smallest absolute Gasteiger partial charge is 0.317 e. The van der Waals surface area contributed by atoms with Gasteiger partial charge < -0.3 is 19.9 Å². The summed E-state index contributed by atoms with van der Waals surface area (Å²) in [5.41, 5.74) is 1.92. The Morgan fingerprint density at radius 1 is 1.13 bits per heavy atom. The van der Waals surface area contributed by atoms with Gasteiger partial charge >= 0.3 is 5.97 Å². The molecular weight excluding hydrogens is 318 g/mol. The Kier molecular flexibility index (Phi) is 6.26. The molecule has 0 heterocycles. The number of methoxy groups -OCH3 is 1. The minimum absolute atomic E-state index is 0.0862. The van der Waals surface area contributed by atoms with Gasteiger partial charge in [0.05, 0.1) is 13.7 Å². The maximum Gasteiger partial charge on any atom is 0.317 e. The molecule has 0 spiro atoms. The molecule has 0 fully saturated rings. The van der Waals surface area contributed by atoms with Crippen molar-refractivity contribution < 1.29 is 19.4 Å². The molecule has 6 heteroatoms. The van der Waals surface area contributed by atoms with Gasteiger partial charge in [0.2, 0.25) is 0 Å². The molecule has 0 aliphatic heterocycles. The van der Waals surface area contributed by atoms with Gasteiger partial charge in [-0.25, -0.2) is 0 Å². The minimum atomic E-state index is -0.889. The zero-order valence-corrected chi connectivity index (χ0v) is 13.5. The van der Waals surface area contributed by atoms with Gasteiger partial charge in [-0.3, -0.25) is 4.79 Å². The number of hydrogen-bond donors (Lipinski definition) is 2. The van der Waals surface area contributed by atoms with E-state index in [1.165, 1.54) is 0 Å². The molecule has 0 saturated heterocycles. The lowest BCUT2D eigenvalue weighted by Crippen LogP contribution is -2.21. The SMILES string of the molecule is COc1cc(CNCC(=O)O)ccc1OCc1ccc(Cl)cc1. The predicted octanol–water partition coefficient (Wildman–Crippen LogP) is 3.10. The van der Waals surface area contributed by atoms with Gasteiger partial charge in [0, 0.05) is 11.6 Å². The average molecular weight is 336 g/mol. The summed E-state index contributed by atoms with van der Waals surface area (Å²) < 4.78 is 11.1. The first kappa shape index (κ1) is 17.1. The highest BCUT2D eigenvalue weighted by Gasteiger charge is 2.07. The van der Waals surface area contributed by atoms with Crippen molar-refractivity contribution in [3.05, 3.63) is 58.6 Å². The van der Waals surface area contributed by atoms with Crippen LogP contribution in [0.2, 0.25) is 5.02 Å². The molecular formula is C17H18ClNO4. The molecule has 0 bridgehead atoms. The van der Waals surface area contributed by atoms with Crippen LogP contribution in [-0.2, 0) is 17.9 Å². The van der Waals surface area contributed by atoms with Crippen molar-refractivity contribution in [2.45, 2.75) is 13.2 Å². The monoisotopic (exact) mass is 335 g/mol. The van der Waals surface area contributed by atoms with Gasteiger partial charge in [0.1, 0.15) is 6.61 Å². The van der Waals surface area contributed by atoms with Gasteiger partial charge in [-0.05, 0) is 35.4 Å². The van der Waals surface area contributed by atoms with E-state index in [-0.39, 0.29) is 6.54 Å². The third-order valence-corrected chi connectivity index (χ3v) is 3.39. The molecule has 0 atom stereocenters. The first-order valence-corrected chi connectivity index (χ1v) is 7.43. The summed E-state index contributed by atoms with van der Waals surface area (Å²) in [7, 11) is 1.57. The fourth-order valence-electron chi connectivity index (χ4n) is 2.00. The van der Waals surface area contributed by atoms with E-state index < -0.39 is 5.97 Å². The van der Waals surface area contributed by atoms with Crippen LogP contribution in [0.1, 0.15) is 11.1 Å². The number of ether oxygens (including phenoxy) is 2. The van der Waals surface area contributed by atoms with Crippen LogP contribution in [0.15, 0.2) is 42.5 Å². The molecule has 0 aliphatic carbocycles. The molecule has 0 unspecified atom stereocenters. The van der Waals surface area contributed by atoms with Crippen molar-refractivity contribution in [3.63, 3.8) is 0 Å². The number of rotatable bonds is 8. The molecule has 0 radical (unpaired) electrons. The predicted molar refractivity (Wildman–Crippen MR) is 88.1 cm³/mol. The van der Waals surface area contributed by atoms with Crippen LogP contribution in [0.3, 0.4) is 0 Å². The van der Waals surface area contributed by atoms with E-state index >= 15 is 0 Å². The van der Waals surface area contributed by atoms with E-state index in [9.17, 15) is 4.79 Å². The van der Waals surface area contributed by atoms with Crippen molar-refractivity contribution in [2.24, 2.45) is 0 Å². The van der Waals surface area contributed by atoms with Gasteiger partial charge in [0.15, 0.2) is 11.5 Å². The van der Waals surface area contributed by atoms with Crippen molar-refractivity contribution in [1.82, 2.24) is 5.32 Å². The van der Waals surface area contributed by atoms with E-state index in [1.54, 1.807) is 7.11 Å². The first-order valence-electron chi connectivity index (χ1n) is 7.05. The quantitative estimate of drug-likeness (QED) is 0.776. The summed E-state index contributed by atoms with van der Waals surface area (Å²) in [6, 6.07) is 12.9. The molecule has 2 aromatic rings. The molecule has 122 valence electrons. The van der Waals surface area contributed by atoms with Crippen molar-refractivity contribution in [3.8, 4) is 11.5 Å². The summed E-state index contributed by atoms with van der Waals surface area (Å²) >= 11 is 5.85. The highest BCUT2D eigenvalue weighted by molar-refractivity contribution is 6.30. The third kappa shape index (κ3) is 5.47. The third-order valence-electron chi connectivity index (χ3n) is 3.14. The number of halogens is 1. The summed E-state index contributed by atoms with van der Waals surface area (Å²) in [6.07, 6.45) is 0. The normalized spacial score (nSPS) is 10.3. The molecule has 2 rings (SSSR count). The average Bonchev–Trinajstić information content (AvgIpc) is 2.54. The number of carboxylic acids is 1. The first-order chi connectivity index (χ1) is 11.1. The van der Waals surface area contributed by atoms with Crippen LogP contribution in [0.25, 0.3) is 0 Å². The van der Waals surface area contributed by atoms with Gasteiger partial charge in [-0.1, -0.05) is 29.8 Å². The molecule has 0 aromatic heterocycles. The topological polar surface area (TPSA) is 67.8 Å². The Labute approximate surface area is 139 Å². The Morgan fingerprint density at radius 3 is 2.48 bits per heavy atom. The van der Waals surface area contributed by atoms with Gasteiger partial charge in [-0.15, -0.1) is 0 Å². The summed E-state index contributed by atoms with van der Waals surface area (Å²) in [5, 5.41) is 12.1. The fraction of sp³-hybridized carbons (Fsp3) is 0.235. The van der Waals surface area contributed by atoms with E-state index in [0.717, 1.165) is 11.1 Å².